The summed E-state index contributed by atoms with van der Waals surface area (Å²) < 4.78 is 51.6. The Bertz CT molecular complexity index is 1090. The number of piperidine rings is 1. The number of nitrogens with zero attached hydrogens (tertiary/aromatic N) is 1. The predicted octanol–water partition coefficient (Wildman–Crippen LogP) is 2.09. The van der Waals surface area contributed by atoms with Crippen molar-refractivity contribution < 1.29 is 21.6 Å². The zero-order chi connectivity index (χ0) is 20.4. The second-order valence-electron chi connectivity index (χ2n) is 6.72. The summed E-state index contributed by atoms with van der Waals surface area (Å²) in [6.07, 6.45) is 3.30. The Kier molecular flexibility index (Phi) is 5.87. The minimum Gasteiger partial charge on any atom is -0.312 e. The molecule has 9 heteroatoms. The maximum atomic E-state index is 12.7. The molecule has 0 aromatic heterocycles. The molecule has 1 heterocycles. The van der Waals surface area contributed by atoms with Crippen molar-refractivity contribution in [2.75, 3.05) is 17.7 Å². The van der Waals surface area contributed by atoms with Crippen LogP contribution in [-0.2, 0) is 31.2 Å². The molecule has 1 aliphatic rings. The molecule has 0 bridgehead atoms. The Labute approximate surface area is 165 Å². The Morgan fingerprint density at radius 1 is 0.964 bits per heavy atom. The molecule has 2 aromatic carbocycles. The van der Waals surface area contributed by atoms with E-state index in [0.717, 1.165) is 24.8 Å². The largest absolute Gasteiger partial charge is 0.312 e. The van der Waals surface area contributed by atoms with Gasteiger partial charge in [0, 0.05) is 31.5 Å². The molecule has 0 aliphatic carbocycles. The fraction of sp³-hybridized carbons (Fsp3) is 0.316. The molecular formula is C19H22N2O5S2. The standard InChI is InChI=1S/C19H22N2O5S2/c1-27(23,24)17-9-2-3-10-18(17)28(25,26)20-14-15-7-6-8-16(13-15)21-12-5-4-11-19(21)22/h2-3,6-10,13,20H,4-5,11-12,14H2,1H3. The molecule has 1 saturated heterocycles. The number of carbonyl (C=O) groups excluding carboxylic acids is 1. The highest BCUT2D eigenvalue weighted by atomic mass is 32.2. The molecule has 0 unspecified atom stereocenters. The minimum absolute atomic E-state index is 0.0176. The van der Waals surface area contributed by atoms with Crippen molar-refractivity contribution in [1.82, 2.24) is 4.72 Å². The number of anilines is 1. The Morgan fingerprint density at radius 2 is 1.68 bits per heavy atom. The second kappa shape index (κ2) is 8.02. The van der Waals surface area contributed by atoms with Gasteiger partial charge in [0.15, 0.2) is 9.84 Å². The van der Waals surface area contributed by atoms with Gasteiger partial charge in [-0.2, -0.15) is 0 Å². The predicted molar refractivity (Wildman–Crippen MR) is 106 cm³/mol. The van der Waals surface area contributed by atoms with E-state index >= 15 is 0 Å². The quantitative estimate of drug-likeness (QED) is 0.768. The van der Waals surface area contributed by atoms with E-state index in [2.05, 4.69) is 4.72 Å². The summed E-state index contributed by atoms with van der Waals surface area (Å²) in [5, 5.41) is 0. The fourth-order valence-corrected chi connectivity index (χ4v) is 5.79. The van der Waals surface area contributed by atoms with E-state index in [9.17, 15) is 21.6 Å². The van der Waals surface area contributed by atoms with E-state index in [0.29, 0.717) is 18.5 Å². The summed E-state index contributed by atoms with van der Waals surface area (Å²) in [6.45, 7) is 0.631. The first kappa shape index (κ1) is 20.5. The molecule has 0 saturated carbocycles. The number of carbonyl (C=O) groups is 1. The third kappa shape index (κ3) is 4.60. The molecule has 28 heavy (non-hydrogen) atoms. The number of sulfone groups is 1. The van der Waals surface area contributed by atoms with Gasteiger partial charge in [0.05, 0.1) is 4.90 Å². The van der Waals surface area contributed by atoms with Crippen LogP contribution >= 0.6 is 0 Å². The summed E-state index contributed by atoms with van der Waals surface area (Å²) in [5.41, 5.74) is 1.41. The lowest BCUT2D eigenvalue weighted by Gasteiger charge is -2.27. The highest BCUT2D eigenvalue weighted by Crippen LogP contribution is 2.23. The first-order valence-corrected chi connectivity index (χ1v) is 12.2. The molecular weight excluding hydrogens is 400 g/mol. The molecule has 3 rings (SSSR count). The molecule has 1 aliphatic heterocycles. The van der Waals surface area contributed by atoms with Crippen LogP contribution in [0.5, 0.6) is 0 Å². The first-order chi connectivity index (χ1) is 13.2. The lowest BCUT2D eigenvalue weighted by molar-refractivity contribution is -0.119. The number of benzene rings is 2. The highest BCUT2D eigenvalue weighted by molar-refractivity contribution is 7.93. The van der Waals surface area contributed by atoms with Crippen molar-refractivity contribution in [3.8, 4) is 0 Å². The monoisotopic (exact) mass is 422 g/mol. The molecule has 150 valence electrons. The number of hydrogen-bond donors (Lipinski definition) is 1. The van der Waals surface area contributed by atoms with Crippen LogP contribution in [-0.4, -0.2) is 35.5 Å². The van der Waals surface area contributed by atoms with Crippen molar-refractivity contribution in [2.24, 2.45) is 0 Å². The SMILES string of the molecule is CS(=O)(=O)c1ccccc1S(=O)(=O)NCc1cccc(N2CCCCC2=O)c1. The summed E-state index contributed by atoms with van der Waals surface area (Å²) in [4.78, 5) is 13.3. The first-order valence-electron chi connectivity index (χ1n) is 8.86. The molecule has 0 radical (unpaired) electrons. The molecule has 1 fully saturated rings. The Morgan fingerprint density at radius 3 is 2.36 bits per heavy atom. The number of hydrogen-bond acceptors (Lipinski definition) is 5. The molecule has 1 amide bonds. The molecule has 0 spiro atoms. The maximum Gasteiger partial charge on any atom is 0.242 e. The lowest BCUT2D eigenvalue weighted by atomic mass is 10.1. The summed E-state index contributed by atoms with van der Waals surface area (Å²) in [6, 6.07) is 12.6. The van der Waals surface area contributed by atoms with Crippen LogP contribution in [0.4, 0.5) is 5.69 Å². The zero-order valence-electron chi connectivity index (χ0n) is 15.5. The van der Waals surface area contributed by atoms with Gasteiger partial charge in [0.1, 0.15) is 4.90 Å². The van der Waals surface area contributed by atoms with Gasteiger partial charge in [-0.1, -0.05) is 24.3 Å². The van der Waals surface area contributed by atoms with Gasteiger partial charge in [0.25, 0.3) is 0 Å². The van der Waals surface area contributed by atoms with Gasteiger partial charge < -0.3 is 4.90 Å². The van der Waals surface area contributed by atoms with Gasteiger partial charge >= 0.3 is 0 Å². The minimum atomic E-state index is -4.03. The number of nitrogens with one attached hydrogen (secondary N) is 1. The van der Waals surface area contributed by atoms with Gasteiger partial charge in [0.2, 0.25) is 15.9 Å². The van der Waals surface area contributed by atoms with Crippen LogP contribution in [0.15, 0.2) is 58.3 Å². The van der Waals surface area contributed by atoms with E-state index in [4.69, 9.17) is 0 Å². The zero-order valence-corrected chi connectivity index (χ0v) is 17.1. The fourth-order valence-electron chi connectivity index (χ4n) is 3.15. The maximum absolute atomic E-state index is 12.7. The van der Waals surface area contributed by atoms with Crippen LogP contribution in [0.25, 0.3) is 0 Å². The van der Waals surface area contributed by atoms with Crippen molar-refractivity contribution in [3.05, 3.63) is 54.1 Å². The van der Waals surface area contributed by atoms with Crippen molar-refractivity contribution >= 4 is 31.5 Å². The van der Waals surface area contributed by atoms with Gasteiger partial charge in [-0.15, -0.1) is 0 Å². The van der Waals surface area contributed by atoms with Crippen LogP contribution in [0, 0.1) is 0 Å². The van der Waals surface area contributed by atoms with E-state index < -0.39 is 19.9 Å². The number of rotatable bonds is 6. The molecule has 2 aromatic rings. The van der Waals surface area contributed by atoms with E-state index in [1.165, 1.54) is 24.3 Å². The Hall–Kier alpha value is -2.23. The second-order valence-corrected chi connectivity index (χ2v) is 10.4. The average Bonchev–Trinajstić information content (AvgIpc) is 2.66. The number of amides is 1. The molecule has 1 N–H and O–H groups in total. The van der Waals surface area contributed by atoms with Crippen LogP contribution in [0.2, 0.25) is 0 Å². The van der Waals surface area contributed by atoms with Crippen molar-refractivity contribution in [3.63, 3.8) is 0 Å². The van der Waals surface area contributed by atoms with Crippen molar-refractivity contribution in [2.45, 2.75) is 35.6 Å². The van der Waals surface area contributed by atoms with E-state index in [1.54, 1.807) is 23.1 Å². The Balaban J connectivity index is 1.81. The summed E-state index contributed by atoms with van der Waals surface area (Å²) >= 11 is 0. The third-order valence-corrected chi connectivity index (χ3v) is 7.29. The smallest absolute Gasteiger partial charge is 0.242 e. The van der Waals surface area contributed by atoms with Gasteiger partial charge in [-0.25, -0.2) is 21.6 Å². The molecule has 0 atom stereocenters. The van der Waals surface area contributed by atoms with Crippen LogP contribution in [0.1, 0.15) is 24.8 Å². The van der Waals surface area contributed by atoms with E-state index in [-0.39, 0.29) is 22.2 Å². The molecule has 7 nitrogen and oxygen atoms in total. The summed E-state index contributed by atoms with van der Waals surface area (Å²) in [7, 11) is -7.72. The highest BCUT2D eigenvalue weighted by Gasteiger charge is 2.24. The summed E-state index contributed by atoms with van der Waals surface area (Å²) in [5.74, 6) is 0.0612. The van der Waals surface area contributed by atoms with Crippen LogP contribution in [0.3, 0.4) is 0 Å². The normalized spacial score (nSPS) is 15.6. The van der Waals surface area contributed by atoms with Gasteiger partial charge in [-0.05, 0) is 42.7 Å². The van der Waals surface area contributed by atoms with Crippen molar-refractivity contribution in [1.29, 1.82) is 0 Å². The number of sulfonamides is 1. The van der Waals surface area contributed by atoms with Gasteiger partial charge in [-0.3, -0.25) is 4.79 Å². The van der Waals surface area contributed by atoms with E-state index in [1.807, 2.05) is 6.07 Å². The van der Waals surface area contributed by atoms with Crippen LogP contribution < -0.4 is 9.62 Å². The lowest BCUT2D eigenvalue weighted by Crippen LogP contribution is -2.35. The third-order valence-electron chi connectivity index (χ3n) is 4.55. The topological polar surface area (TPSA) is 101 Å². The average molecular weight is 423 g/mol.